The van der Waals surface area contributed by atoms with Gasteiger partial charge in [0, 0.05) is 21.0 Å². The minimum Gasteiger partial charge on any atom is -0.454 e. The second kappa shape index (κ2) is 10.1. The van der Waals surface area contributed by atoms with Crippen molar-refractivity contribution in [2.75, 3.05) is 11.5 Å². The fourth-order valence-electron chi connectivity index (χ4n) is 6.52. The highest BCUT2D eigenvalue weighted by atomic mass is 79.9. The van der Waals surface area contributed by atoms with E-state index in [0.29, 0.717) is 39.0 Å². The Bertz CT molecular complexity index is 1800. The molecule has 208 valence electrons. The first-order chi connectivity index (χ1) is 20.3. The average Bonchev–Trinajstić information content (AvgIpc) is 3.69. The number of aromatic nitrogens is 1. The number of nitrogens with zero attached hydrogens (tertiary/aromatic N) is 2. The Morgan fingerprint density at radius 1 is 0.905 bits per heavy atom. The van der Waals surface area contributed by atoms with Gasteiger partial charge in [-0.25, -0.2) is 9.78 Å². The van der Waals surface area contributed by atoms with Crippen LogP contribution in [0.15, 0.2) is 89.4 Å². The van der Waals surface area contributed by atoms with E-state index in [4.69, 9.17) is 9.72 Å². The third-order valence-electron chi connectivity index (χ3n) is 8.58. The number of hydrogen-bond donors (Lipinski definition) is 0. The summed E-state index contributed by atoms with van der Waals surface area (Å²) in [6.07, 6.45) is 5.04. The molecule has 2 amide bonds. The summed E-state index contributed by atoms with van der Waals surface area (Å²) >= 11 is 3.35. The first-order valence-electron chi connectivity index (χ1n) is 13.8. The van der Waals surface area contributed by atoms with Gasteiger partial charge >= 0.3 is 5.97 Å². The molecule has 4 aromatic rings. The molecule has 1 aliphatic heterocycles. The fourth-order valence-corrected chi connectivity index (χ4v) is 6.79. The predicted molar refractivity (Wildman–Crippen MR) is 161 cm³/mol. The Hall–Kier alpha value is -4.43. The summed E-state index contributed by atoms with van der Waals surface area (Å²) in [6.45, 7) is 1.53. The van der Waals surface area contributed by atoms with Crippen LogP contribution in [0.1, 0.15) is 32.7 Å². The number of Topliss-reactive ketones (excluding diaryl/α,β-unsaturated/α-hetero) is 1. The lowest BCUT2D eigenvalue weighted by Gasteiger charge is -2.17. The largest absolute Gasteiger partial charge is 0.454 e. The van der Waals surface area contributed by atoms with Crippen molar-refractivity contribution in [3.05, 3.63) is 106 Å². The monoisotopic (exact) mass is 620 g/mol. The van der Waals surface area contributed by atoms with Crippen molar-refractivity contribution in [1.82, 2.24) is 4.98 Å². The quantitative estimate of drug-likeness (QED) is 0.108. The minimum absolute atomic E-state index is 0.128. The van der Waals surface area contributed by atoms with Crippen molar-refractivity contribution in [2.45, 2.75) is 13.3 Å². The van der Waals surface area contributed by atoms with Gasteiger partial charge in [0.25, 0.3) is 0 Å². The zero-order valence-corrected chi connectivity index (χ0v) is 24.2. The second-order valence-corrected chi connectivity index (χ2v) is 12.1. The summed E-state index contributed by atoms with van der Waals surface area (Å²) in [7, 11) is 0. The number of benzene rings is 3. The fraction of sp³-hybridized carbons (Fsp3) is 0.206. The van der Waals surface area contributed by atoms with E-state index in [0.717, 1.165) is 16.5 Å². The molecule has 0 radical (unpaired) electrons. The number of hydrogen-bond acceptors (Lipinski definition) is 6. The Morgan fingerprint density at radius 3 is 2.24 bits per heavy atom. The van der Waals surface area contributed by atoms with Crippen molar-refractivity contribution in [3.8, 4) is 11.3 Å². The van der Waals surface area contributed by atoms with Crippen LogP contribution < -0.4 is 4.90 Å². The molecule has 2 fully saturated rings. The maximum absolute atomic E-state index is 13.3. The van der Waals surface area contributed by atoms with Gasteiger partial charge in [-0.2, -0.15) is 0 Å². The van der Waals surface area contributed by atoms with Gasteiger partial charge in [-0.05, 0) is 67.6 Å². The standard InChI is InChI=1S/C34H25BrN2O5/c1-18-2-13-27-25(14-18)26(34(41)42-17-29(38)20-5-9-23(35)10-6-20)16-28(36-27)19-7-11-24(12-8-19)37-32(39)30-21-3-4-22(15-21)31(30)33(37)40/h2-14,16,21-22,30-31H,15,17H2,1H3/t21-,22-,30-,31-/m0/s1. The van der Waals surface area contributed by atoms with Crippen LogP contribution in [0.3, 0.4) is 0 Å². The maximum atomic E-state index is 13.3. The van der Waals surface area contributed by atoms with Crippen molar-refractivity contribution < 1.29 is 23.9 Å². The second-order valence-electron chi connectivity index (χ2n) is 11.1. The van der Waals surface area contributed by atoms with Crippen molar-refractivity contribution in [2.24, 2.45) is 23.7 Å². The molecular weight excluding hydrogens is 596 g/mol. The van der Waals surface area contributed by atoms with Crippen LogP contribution >= 0.6 is 15.9 Å². The molecule has 1 saturated heterocycles. The molecule has 8 heteroatoms. The van der Waals surface area contributed by atoms with Gasteiger partial charge in [0.1, 0.15) is 0 Å². The van der Waals surface area contributed by atoms with Crippen LogP contribution in [0.5, 0.6) is 0 Å². The number of carbonyl (C=O) groups excluding carboxylic acids is 4. The van der Waals surface area contributed by atoms with Crippen LogP contribution in [0.25, 0.3) is 22.2 Å². The van der Waals surface area contributed by atoms with Crippen molar-refractivity contribution in [3.63, 3.8) is 0 Å². The van der Waals surface area contributed by atoms with Gasteiger partial charge in [-0.15, -0.1) is 0 Å². The summed E-state index contributed by atoms with van der Waals surface area (Å²) in [6, 6.07) is 21.2. The number of amides is 2. The summed E-state index contributed by atoms with van der Waals surface area (Å²) in [5.41, 5.74) is 4.08. The molecule has 0 spiro atoms. The highest BCUT2D eigenvalue weighted by Gasteiger charge is 2.59. The number of carbonyl (C=O) groups is 4. The Balaban J connectivity index is 1.16. The number of allylic oxidation sites excluding steroid dienone is 2. The van der Waals surface area contributed by atoms with Gasteiger partial charge in [0.15, 0.2) is 12.4 Å². The van der Waals surface area contributed by atoms with E-state index in [1.807, 2.05) is 25.1 Å². The molecule has 2 bridgehead atoms. The van der Waals surface area contributed by atoms with Gasteiger partial charge in [0.2, 0.25) is 11.8 Å². The van der Waals surface area contributed by atoms with Gasteiger partial charge in [-0.1, -0.05) is 64.0 Å². The van der Waals surface area contributed by atoms with Crippen LogP contribution in [-0.4, -0.2) is 35.2 Å². The topological polar surface area (TPSA) is 93.6 Å². The van der Waals surface area contributed by atoms with Crippen molar-refractivity contribution >= 4 is 56.1 Å². The number of rotatable bonds is 6. The number of aryl methyl sites for hydroxylation is 1. The molecule has 42 heavy (non-hydrogen) atoms. The highest BCUT2D eigenvalue weighted by molar-refractivity contribution is 9.10. The van der Waals surface area contributed by atoms with Crippen LogP contribution in [0, 0.1) is 30.6 Å². The van der Waals surface area contributed by atoms with E-state index >= 15 is 0 Å². The number of anilines is 1. The molecule has 2 heterocycles. The molecular formula is C34H25BrN2O5. The van der Waals surface area contributed by atoms with Gasteiger partial charge in [0.05, 0.1) is 34.3 Å². The summed E-state index contributed by atoms with van der Waals surface area (Å²) in [5.74, 6) is -1.42. The van der Waals surface area contributed by atoms with Crippen LogP contribution in [0.4, 0.5) is 5.69 Å². The normalized spacial score (nSPS) is 22.2. The third kappa shape index (κ3) is 4.38. The molecule has 7 nitrogen and oxygen atoms in total. The lowest BCUT2D eigenvalue weighted by atomic mass is 9.85. The van der Waals surface area contributed by atoms with E-state index < -0.39 is 12.6 Å². The molecule has 4 atom stereocenters. The molecule has 1 aromatic heterocycles. The molecule has 3 aromatic carbocycles. The summed E-state index contributed by atoms with van der Waals surface area (Å²) < 4.78 is 6.32. The van der Waals surface area contributed by atoms with E-state index in [1.54, 1.807) is 54.6 Å². The van der Waals surface area contributed by atoms with Crippen LogP contribution in [0.2, 0.25) is 0 Å². The number of imide groups is 1. The number of halogens is 1. The van der Waals surface area contributed by atoms with E-state index in [-0.39, 0.29) is 41.3 Å². The van der Waals surface area contributed by atoms with E-state index in [2.05, 4.69) is 28.1 Å². The molecule has 7 rings (SSSR count). The molecule has 2 aliphatic carbocycles. The number of pyridine rings is 1. The SMILES string of the molecule is Cc1ccc2nc(-c3ccc(N4C(=O)[C@@H]5[C@@H](C4=O)[C@H]4C=C[C@H]5C4)cc3)cc(C(=O)OCC(=O)c3ccc(Br)cc3)c2c1. The summed E-state index contributed by atoms with van der Waals surface area (Å²) in [4.78, 5) is 58.5. The predicted octanol–water partition coefficient (Wildman–Crippen LogP) is 6.32. The van der Waals surface area contributed by atoms with E-state index in [9.17, 15) is 19.2 Å². The zero-order chi connectivity index (χ0) is 29.1. The molecule has 3 aliphatic rings. The molecule has 0 unspecified atom stereocenters. The lowest BCUT2D eigenvalue weighted by molar-refractivity contribution is -0.123. The zero-order valence-electron chi connectivity index (χ0n) is 22.6. The van der Waals surface area contributed by atoms with Gasteiger partial charge < -0.3 is 4.74 Å². The Morgan fingerprint density at radius 2 is 1.57 bits per heavy atom. The Kier molecular flexibility index (Phi) is 6.39. The number of ketones is 1. The highest BCUT2D eigenvalue weighted by Crippen LogP contribution is 2.53. The van der Waals surface area contributed by atoms with Gasteiger partial charge in [-0.3, -0.25) is 19.3 Å². The summed E-state index contributed by atoms with van der Waals surface area (Å²) in [5, 5.41) is 0.625. The molecule has 0 N–H and O–H groups in total. The first kappa shape index (κ1) is 26.5. The third-order valence-corrected chi connectivity index (χ3v) is 9.10. The maximum Gasteiger partial charge on any atom is 0.339 e. The van der Waals surface area contributed by atoms with E-state index in [1.165, 1.54) is 4.90 Å². The average molecular weight is 621 g/mol. The number of fused-ring (bicyclic) bond motifs is 6. The first-order valence-corrected chi connectivity index (χ1v) is 14.6. The smallest absolute Gasteiger partial charge is 0.339 e. The minimum atomic E-state index is -0.626. The van der Waals surface area contributed by atoms with Crippen molar-refractivity contribution in [1.29, 1.82) is 0 Å². The Labute approximate surface area is 250 Å². The van der Waals surface area contributed by atoms with Crippen LogP contribution in [-0.2, 0) is 14.3 Å². The lowest BCUT2D eigenvalue weighted by Crippen LogP contribution is -2.32. The number of ether oxygens (including phenoxy) is 1. The molecule has 1 saturated carbocycles. The number of esters is 1.